The first-order valence-electron chi connectivity index (χ1n) is 14.8. The summed E-state index contributed by atoms with van der Waals surface area (Å²) in [6.45, 7) is 9.49. The molecule has 1 aromatic heterocycles. The number of nitrogens with zero attached hydrogens (tertiary/aromatic N) is 1. The van der Waals surface area contributed by atoms with Crippen molar-refractivity contribution in [3.63, 3.8) is 0 Å². The standard InChI is InChI=1S/C40H33NS/c1-39(2)30-21-11-14-24-33(30)41(34-25-15-12-22-31(34)39)32-23-13-9-19-28(32)37-35(26-16-6-5-7-17-26)36-38(42-37)27-18-8-10-20-29(27)40(36,3)4/h5-25H,1-4H3. The predicted molar refractivity (Wildman–Crippen MR) is 180 cm³/mol. The molecule has 2 aliphatic rings. The lowest BCUT2D eigenvalue weighted by molar-refractivity contribution is 0.632. The molecule has 0 atom stereocenters. The van der Waals surface area contributed by atoms with Crippen molar-refractivity contribution in [3.05, 3.63) is 150 Å². The van der Waals surface area contributed by atoms with Gasteiger partial charge in [-0.1, -0.05) is 137 Å². The van der Waals surface area contributed by atoms with E-state index in [1.165, 1.54) is 71.3 Å². The SMILES string of the molecule is CC1(C)c2ccccc2N(c2ccccc2-c2sc3c(c2-c2ccccc2)C(C)(C)c2ccccc2-3)c2ccccc21. The molecular formula is C40H33NS. The molecule has 2 heteroatoms. The third-order valence-corrected chi connectivity index (χ3v) is 10.7. The van der Waals surface area contributed by atoms with Crippen molar-refractivity contribution in [2.75, 3.05) is 4.90 Å². The molecule has 0 fully saturated rings. The molecule has 0 N–H and O–H groups in total. The molecule has 0 saturated heterocycles. The van der Waals surface area contributed by atoms with Crippen molar-refractivity contribution < 1.29 is 0 Å². The highest BCUT2D eigenvalue weighted by Gasteiger charge is 2.42. The first kappa shape index (κ1) is 25.3. The van der Waals surface area contributed by atoms with Crippen LogP contribution in [-0.4, -0.2) is 0 Å². The maximum atomic E-state index is 2.50. The van der Waals surface area contributed by atoms with Gasteiger partial charge in [-0.25, -0.2) is 0 Å². The number of rotatable bonds is 3. The highest BCUT2D eigenvalue weighted by molar-refractivity contribution is 7.20. The molecule has 8 rings (SSSR count). The van der Waals surface area contributed by atoms with Crippen molar-refractivity contribution in [2.45, 2.75) is 38.5 Å². The highest BCUT2D eigenvalue weighted by atomic mass is 32.1. The van der Waals surface area contributed by atoms with E-state index in [-0.39, 0.29) is 10.8 Å². The summed E-state index contributed by atoms with van der Waals surface area (Å²) < 4.78 is 0. The molecule has 1 nitrogen and oxygen atoms in total. The Morgan fingerprint density at radius 3 is 1.60 bits per heavy atom. The zero-order chi connectivity index (χ0) is 28.6. The summed E-state index contributed by atoms with van der Waals surface area (Å²) in [7, 11) is 0. The molecule has 42 heavy (non-hydrogen) atoms. The summed E-state index contributed by atoms with van der Waals surface area (Å²) in [6.07, 6.45) is 0. The lowest BCUT2D eigenvalue weighted by atomic mass is 9.73. The van der Waals surface area contributed by atoms with Gasteiger partial charge in [0.1, 0.15) is 0 Å². The minimum atomic E-state index is -0.0916. The maximum absolute atomic E-state index is 2.50. The van der Waals surface area contributed by atoms with E-state index in [1.54, 1.807) is 0 Å². The summed E-state index contributed by atoms with van der Waals surface area (Å²) in [5.74, 6) is 0. The summed E-state index contributed by atoms with van der Waals surface area (Å²) >= 11 is 1.96. The molecule has 0 unspecified atom stereocenters. The smallest absolute Gasteiger partial charge is 0.0548 e. The van der Waals surface area contributed by atoms with Gasteiger partial charge in [0.05, 0.1) is 17.1 Å². The monoisotopic (exact) mass is 559 g/mol. The van der Waals surface area contributed by atoms with E-state index in [9.17, 15) is 0 Å². The topological polar surface area (TPSA) is 3.24 Å². The van der Waals surface area contributed by atoms with E-state index in [2.05, 4.69) is 160 Å². The fourth-order valence-electron chi connectivity index (χ4n) is 7.44. The quantitative estimate of drug-likeness (QED) is 0.208. The maximum Gasteiger partial charge on any atom is 0.0548 e. The Kier molecular flexibility index (Phi) is 5.45. The van der Waals surface area contributed by atoms with Gasteiger partial charge in [-0.2, -0.15) is 0 Å². The molecule has 1 aliphatic carbocycles. The van der Waals surface area contributed by atoms with Crippen LogP contribution in [0.15, 0.2) is 127 Å². The van der Waals surface area contributed by atoms with Crippen LogP contribution in [0.2, 0.25) is 0 Å². The Morgan fingerprint density at radius 2 is 0.952 bits per heavy atom. The Balaban J connectivity index is 1.44. The van der Waals surface area contributed by atoms with Crippen LogP contribution in [-0.2, 0) is 10.8 Å². The normalized spacial score (nSPS) is 15.5. The van der Waals surface area contributed by atoms with Gasteiger partial charge in [-0.15, -0.1) is 11.3 Å². The van der Waals surface area contributed by atoms with Crippen LogP contribution >= 0.6 is 11.3 Å². The number of thiophene rings is 1. The van der Waals surface area contributed by atoms with Crippen molar-refractivity contribution in [1.82, 2.24) is 0 Å². The van der Waals surface area contributed by atoms with E-state index in [4.69, 9.17) is 0 Å². The zero-order valence-electron chi connectivity index (χ0n) is 24.5. The second kappa shape index (κ2) is 9.05. The van der Waals surface area contributed by atoms with Crippen LogP contribution in [0.5, 0.6) is 0 Å². The number of hydrogen-bond donors (Lipinski definition) is 0. The Hall–Kier alpha value is -4.40. The van der Waals surface area contributed by atoms with Gasteiger partial charge in [0.15, 0.2) is 0 Å². The number of anilines is 3. The first-order chi connectivity index (χ1) is 20.4. The molecule has 0 radical (unpaired) electrons. The van der Waals surface area contributed by atoms with Crippen molar-refractivity contribution in [3.8, 4) is 32.0 Å². The lowest BCUT2D eigenvalue weighted by Crippen LogP contribution is -2.30. The average molecular weight is 560 g/mol. The minimum Gasteiger partial charge on any atom is -0.309 e. The summed E-state index contributed by atoms with van der Waals surface area (Å²) in [5.41, 5.74) is 14.4. The predicted octanol–water partition coefficient (Wildman–Crippen LogP) is 11.5. The van der Waals surface area contributed by atoms with Crippen LogP contribution in [0.3, 0.4) is 0 Å². The molecule has 2 heterocycles. The Morgan fingerprint density at radius 1 is 0.452 bits per heavy atom. The molecule has 0 spiro atoms. The lowest BCUT2D eigenvalue weighted by Gasteiger charge is -2.42. The number of hydrogen-bond acceptors (Lipinski definition) is 2. The second-order valence-corrected chi connectivity index (χ2v) is 13.6. The fourth-order valence-corrected chi connectivity index (χ4v) is 8.99. The van der Waals surface area contributed by atoms with Crippen LogP contribution in [0, 0.1) is 0 Å². The second-order valence-electron chi connectivity index (χ2n) is 12.6. The van der Waals surface area contributed by atoms with Crippen molar-refractivity contribution >= 4 is 28.4 Å². The van der Waals surface area contributed by atoms with Crippen LogP contribution in [0.25, 0.3) is 32.0 Å². The fraction of sp³-hybridized carbons (Fsp3) is 0.150. The third-order valence-electron chi connectivity index (χ3n) is 9.47. The van der Waals surface area contributed by atoms with Gasteiger partial charge in [0, 0.05) is 31.7 Å². The van der Waals surface area contributed by atoms with Crippen molar-refractivity contribution in [1.29, 1.82) is 0 Å². The van der Waals surface area contributed by atoms with Gasteiger partial charge in [-0.05, 0) is 51.6 Å². The van der Waals surface area contributed by atoms with E-state index in [0.717, 1.165) is 0 Å². The van der Waals surface area contributed by atoms with Gasteiger partial charge < -0.3 is 4.90 Å². The van der Waals surface area contributed by atoms with Gasteiger partial charge in [-0.3, -0.25) is 0 Å². The third kappa shape index (κ3) is 3.42. The van der Waals surface area contributed by atoms with Crippen molar-refractivity contribution in [2.24, 2.45) is 0 Å². The molecule has 0 amide bonds. The summed E-state index contributed by atoms with van der Waals surface area (Å²) in [4.78, 5) is 5.24. The molecule has 5 aromatic carbocycles. The van der Waals surface area contributed by atoms with E-state index in [1.807, 2.05) is 11.3 Å². The number of benzene rings is 5. The molecule has 0 bridgehead atoms. The first-order valence-corrected chi connectivity index (χ1v) is 15.6. The Bertz CT molecular complexity index is 1940. The number of para-hydroxylation sites is 3. The Labute approximate surface area is 252 Å². The van der Waals surface area contributed by atoms with Crippen LogP contribution < -0.4 is 4.90 Å². The molecule has 1 aliphatic heterocycles. The van der Waals surface area contributed by atoms with E-state index in [0.29, 0.717) is 0 Å². The largest absolute Gasteiger partial charge is 0.309 e. The van der Waals surface area contributed by atoms with Gasteiger partial charge in [0.25, 0.3) is 0 Å². The van der Waals surface area contributed by atoms with Crippen LogP contribution in [0.1, 0.15) is 49.9 Å². The summed E-state index contributed by atoms with van der Waals surface area (Å²) in [6, 6.07) is 46.9. The zero-order valence-corrected chi connectivity index (χ0v) is 25.3. The minimum absolute atomic E-state index is 0.0882. The molecule has 6 aromatic rings. The summed E-state index contributed by atoms with van der Waals surface area (Å²) in [5, 5.41) is 0. The van der Waals surface area contributed by atoms with Gasteiger partial charge >= 0.3 is 0 Å². The molecular weight excluding hydrogens is 527 g/mol. The molecule has 0 saturated carbocycles. The average Bonchev–Trinajstić information content (AvgIpc) is 3.52. The number of fused-ring (bicyclic) bond motifs is 5. The van der Waals surface area contributed by atoms with Gasteiger partial charge in [0.2, 0.25) is 0 Å². The highest BCUT2D eigenvalue weighted by Crippen LogP contribution is 2.61. The van der Waals surface area contributed by atoms with Crippen LogP contribution in [0.4, 0.5) is 17.1 Å². The van der Waals surface area contributed by atoms with E-state index >= 15 is 0 Å². The molecule has 204 valence electrons. The van der Waals surface area contributed by atoms with E-state index < -0.39 is 0 Å².